The Morgan fingerprint density at radius 2 is 1.90 bits per heavy atom. The van der Waals surface area contributed by atoms with Crippen LogP contribution in [-0.4, -0.2) is 37.9 Å². The van der Waals surface area contributed by atoms with Crippen LogP contribution in [0.4, 0.5) is 14.5 Å². The zero-order chi connectivity index (χ0) is 21.4. The Kier molecular flexibility index (Phi) is 7.47. The number of carbonyl (C=O) groups excluding carboxylic acids is 2. The van der Waals surface area contributed by atoms with Gasteiger partial charge in [0.1, 0.15) is 0 Å². The summed E-state index contributed by atoms with van der Waals surface area (Å²) in [6.07, 6.45) is 0. The van der Waals surface area contributed by atoms with Crippen molar-refractivity contribution in [3.05, 3.63) is 53.6 Å². The SMILES string of the molecule is COc1cc(/C(N)=N/OCC(=O)Nc2cccc(C(C)=O)c2)ccc1OC(F)F. The van der Waals surface area contributed by atoms with Crippen molar-refractivity contribution < 1.29 is 32.7 Å². The number of anilines is 1. The van der Waals surface area contributed by atoms with E-state index in [1.165, 1.54) is 38.3 Å². The van der Waals surface area contributed by atoms with Crippen molar-refractivity contribution in [2.75, 3.05) is 19.0 Å². The molecule has 3 N–H and O–H groups in total. The molecule has 2 aromatic rings. The highest BCUT2D eigenvalue weighted by molar-refractivity contribution is 5.98. The minimum absolute atomic E-state index is 0.0315. The van der Waals surface area contributed by atoms with Crippen molar-refractivity contribution in [2.45, 2.75) is 13.5 Å². The molecule has 0 aliphatic rings. The van der Waals surface area contributed by atoms with Crippen LogP contribution in [0.2, 0.25) is 0 Å². The minimum atomic E-state index is -3.00. The number of benzene rings is 2. The van der Waals surface area contributed by atoms with E-state index in [-0.39, 0.29) is 23.1 Å². The van der Waals surface area contributed by atoms with Crippen LogP contribution in [0.5, 0.6) is 11.5 Å². The second-order valence-corrected chi connectivity index (χ2v) is 5.68. The molecule has 1 amide bonds. The van der Waals surface area contributed by atoms with Gasteiger partial charge in [0.05, 0.1) is 7.11 Å². The molecule has 2 rings (SSSR count). The number of amidine groups is 1. The number of amides is 1. The number of hydrogen-bond acceptors (Lipinski definition) is 6. The van der Waals surface area contributed by atoms with E-state index < -0.39 is 19.1 Å². The van der Waals surface area contributed by atoms with Gasteiger partial charge in [-0.15, -0.1) is 0 Å². The zero-order valence-electron chi connectivity index (χ0n) is 15.6. The Labute approximate surface area is 165 Å². The van der Waals surface area contributed by atoms with Gasteiger partial charge in [0.15, 0.2) is 29.7 Å². The summed E-state index contributed by atoms with van der Waals surface area (Å²) in [4.78, 5) is 28.2. The van der Waals surface area contributed by atoms with Crippen molar-refractivity contribution in [2.24, 2.45) is 10.9 Å². The molecule has 10 heteroatoms. The Bertz CT molecular complexity index is 918. The van der Waals surface area contributed by atoms with Crippen LogP contribution in [0.1, 0.15) is 22.8 Å². The van der Waals surface area contributed by atoms with Gasteiger partial charge in [-0.25, -0.2) is 0 Å². The summed E-state index contributed by atoms with van der Waals surface area (Å²) in [7, 11) is 1.28. The molecule has 0 fully saturated rings. The molecule has 0 radical (unpaired) electrons. The number of nitrogens with zero attached hydrogens (tertiary/aromatic N) is 1. The first-order valence-corrected chi connectivity index (χ1v) is 8.29. The Morgan fingerprint density at radius 1 is 1.14 bits per heavy atom. The van der Waals surface area contributed by atoms with Crippen LogP contribution < -0.4 is 20.5 Å². The summed E-state index contributed by atoms with van der Waals surface area (Å²) >= 11 is 0. The maximum absolute atomic E-state index is 12.4. The van der Waals surface area contributed by atoms with Crippen LogP contribution in [0.15, 0.2) is 47.6 Å². The van der Waals surface area contributed by atoms with Gasteiger partial charge >= 0.3 is 6.61 Å². The van der Waals surface area contributed by atoms with E-state index >= 15 is 0 Å². The van der Waals surface area contributed by atoms with Crippen LogP contribution in [-0.2, 0) is 9.63 Å². The molecular formula is C19H19F2N3O5. The summed E-state index contributed by atoms with van der Waals surface area (Å²) in [5.41, 5.74) is 6.98. The first-order valence-electron chi connectivity index (χ1n) is 8.29. The number of oxime groups is 1. The Balaban J connectivity index is 1.96. The van der Waals surface area contributed by atoms with Crippen LogP contribution in [0.3, 0.4) is 0 Å². The molecule has 0 spiro atoms. The van der Waals surface area contributed by atoms with Crippen molar-refractivity contribution >= 4 is 23.2 Å². The molecule has 0 unspecified atom stereocenters. The average molecular weight is 407 g/mol. The fourth-order valence-electron chi connectivity index (χ4n) is 2.25. The average Bonchev–Trinajstić information content (AvgIpc) is 2.67. The number of rotatable bonds is 9. The third kappa shape index (κ3) is 6.45. The van der Waals surface area contributed by atoms with Gasteiger partial charge in [-0.1, -0.05) is 17.3 Å². The smallest absolute Gasteiger partial charge is 0.387 e. The Morgan fingerprint density at radius 3 is 2.55 bits per heavy atom. The lowest BCUT2D eigenvalue weighted by Gasteiger charge is -2.11. The summed E-state index contributed by atoms with van der Waals surface area (Å²) in [5.74, 6) is -0.870. The molecule has 0 aliphatic heterocycles. The van der Waals surface area contributed by atoms with Gasteiger partial charge in [0, 0.05) is 16.8 Å². The van der Waals surface area contributed by atoms with E-state index in [0.717, 1.165) is 0 Å². The first kappa shape index (κ1) is 21.6. The van der Waals surface area contributed by atoms with Crippen LogP contribution in [0.25, 0.3) is 0 Å². The highest BCUT2D eigenvalue weighted by Crippen LogP contribution is 2.29. The predicted molar refractivity (Wildman–Crippen MR) is 101 cm³/mol. The second kappa shape index (κ2) is 10.0. The maximum atomic E-state index is 12.4. The summed E-state index contributed by atoms with van der Waals surface area (Å²) in [6, 6.07) is 10.4. The van der Waals surface area contributed by atoms with Crippen molar-refractivity contribution in [3.8, 4) is 11.5 Å². The number of ketones is 1. The molecule has 0 saturated heterocycles. The number of hydrogen-bond donors (Lipinski definition) is 2. The van der Waals surface area contributed by atoms with E-state index in [4.69, 9.17) is 15.3 Å². The molecule has 0 aromatic heterocycles. The molecule has 154 valence electrons. The second-order valence-electron chi connectivity index (χ2n) is 5.68. The minimum Gasteiger partial charge on any atom is -0.493 e. The third-order valence-electron chi connectivity index (χ3n) is 3.59. The lowest BCUT2D eigenvalue weighted by atomic mass is 10.1. The highest BCUT2D eigenvalue weighted by Gasteiger charge is 2.13. The van der Waals surface area contributed by atoms with Crippen LogP contribution in [0, 0.1) is 0 Å². The van der Waals surface area contributed by atoms with E-state index in [1.807, 2.05) is 0 Å². The maximum Gasteiger partial charge on any atom is 0.387 e. The lowest BCUT2D eigenvalue weighted by Crippen LogP contribution is -2.19. The molecule has 8 nitrogen and oxygen atoms in total. The zero-order valence-corrected chi connectivity index (χ0v) is 15.6. The van der Waals surface area contributed by atoms with Crippen LogP contribution >= 0.6 is 0 Å². The molecule has 0 aliphatic carbocycles. The van der Waals surface area contributed by atoms with E-state index in [0.29, 0.717) is 16.8 Å². The van der Waals surface area contributed by atoms with E-state index in [2.05, 4.69) is 15.2 Å². The third-order valence-corrected chi connectivity index (χ3v) is 3.59. The quantitative estimate of drug-likeness (QED) is 0.286. The van der Waals surface area contributed by atoms with Crippen molar-refractivity contribution in [1.82, 2.24) is 0 Å². The molecule has 29 heavy (non-hydrogen) atoms. The molecule has 2 aromatic carbocycles. The Hall–Kier alpha value is -3.69. The van der Waals surface area contributed by atoms with Gasteiger partial charge < -0.3 is 25.4 Å². The molecular weight excluding hydrogens is 388 g/mol. The largest absolute Gasteiger partial charge is 0.493 e. The summed E-state index contributed by atoms with van der Waals surface area (Å²) in [6.45, 7) is -2.02. The van der Waals surface area contributed by atoms with E-state index in [1.54, 1.807) is 18.2 Å². The number of carbonyl (C=O) groups is 2. The van der Waals surface area contributed by atoms with E-state index in [9.17, 15) is 18.4 Å². The standard InChI is InChI=1S/C19H19F2N3O5/c1-11(25)12-4-3-5-14(8-12)23-17(26)10-28-24-18(22)13-6-7-15(29-19(20)21)16(9-13)27-2/h3-9,19H,10H2,1-2H3,(H2,22,24)(H,23,26). The van der Waals surface area contributed by atoms with Crippen molar-refractivity contribution in [3.63, 3.8) is 0 Å². The molecule has 0 bridgehead atoms. The molecule has 0 saturated carbocycles. The topological polar surface area (TPSA) is 112 Å². The lowest BCUT2D eigenvalue weighted by molar-refractivity contribution is -0.120. The summed E-state index contributed by atoms with van der Waals surface area (Å²) < 4.78 is 34.0. The number of alkyl halides is 2. The molecule has 0 atom stereocenters. The van der Waals surface area contributed by atoms with Crippen molar-refractivity contribution in [1.29, 1.82) is 0 Å². The van der Waals surface area contributed by atoms with Gasteiger partial charge in [0.25, 0.3) is 5.91 Å². The van der Waals surface area contributed by atoms with Gasteiger partial charge in [-0.3, -0.25) is 9.59 Å². The first-order chi connectivity index (χ1) is 13.8. The van der Waals surface area contributed by atoms with Gasteiger partial charge in [0.2, 0.25) is 0 Å². The fraction of sp³-hybridized carbons (Fsp3) is 0.211. The predicted octanol–water partition coefficient (Wildman–Crippen LogP) is 2.77. The number of ether oxygens (including phenoxy) is 2. The number of nitrogens with one attached hydrogen (secondary N) is 1. The number of nitrogens with two attached hydrogens (primary N) is 1. The number of halogens is 2. The molecule has 0 heterocycles. The number of methoxy groups -OCH3 is 1. The monoisotopic (exact) mass is 407 g/mol. The van der Waals surface area contributed by atoms with Gasteiger partial charge in [-0.2, -0.15) is 8.78 Å². The number of Topliss-reactive ketones (excluding diaryl/α,β-unsaturated/α-hetero) is 1. The normalized spacial score (nSPS) is 11.1. The van der Waals surface area contributed by atoms with Gasteiger partial charge in [-0.05, 0) is 37.3 Å². The fourth-order valence-corrected chi connectivity index (χ4v) is 2.25. The summed E-state index contributed by atoms with van der Waals surface area (Å²) in [5, 5.41) is 6.18. The highest BCUT2D eigenvalue weighted by atomic mass is 19.3.